The zero-order valence-corrected chi connectivity index (χ0v) is 14.7. The second-order valence-corrected chi connectivity index (χ2v) is 5.92. The van der Waals surface area contributed by atoms with E-state index in [9.17, 15) is 14.0 Å². The number of allylic oxidation sites excluding steroid dienone is 1. The number of urea groups is 1. The fraction of sp³-hybridized carbons (Fsp3) is 0.278. The monoisotopic (exact) mass is 358 g/mol. The fourth-order valence-corrected chi connectivity index (χ4v) is 3.01. The number of amides is 3. The molecule has 0 saturated carbocycles. The molecule has 1 atom stereocenters. The molecule has 0 spiro atoms. The van der Waals surface area contributed by atoms with Gasteiger partial charge in [0.15, 0.2) is 5.82 Å². The number of hydrogen-bond acceptors (Lipinski definition) is 4. The second kappa shape index (κ2) is 6.99. The molecule has 0 aliphatic carbocycles. The molecule has 1 aromatic heterocycles. The first kappa shape index (κ1) is 17.7. The Bertz CT molecular complexity index is 890. The first-order valence-corrected chi connectivity index (χ1v) is 8.20. The Morgan fingerprint density at radius 1 is 1.38 bits per heavy atom. The normalized spacial score (nSPS) is 17.3. The average Bonchev–Trinajstić information content (AvgIpc) is 2.99. The highest BCUT2D eigenvalue weighted by Gasteiger charge is 2.36. The van der Waals surface area contributed by atoms with Crippen molar-refractivity contribution in [1.29, 1.82) is 0 Å². The molecule has 2 heterocycles. The Hall–Kier alpha value is -3.16. The van der Waals surface area contributed by atoms with Gasteiger partial charge in [-0.3, -0.25) is 9.69 Å². The summed E-state index contributed by atoms with van der Waals surface area (Å²) < 4.78 is 19.3. The van der Waals surface area contributed by atoms with Gasteiger partial charge in [-0.15, -0.1) is 0 Å². The number of aryl methyl sites for hydroxylation is 1. The summed E-state index contributed by atoms with van der Waals surface area (Å²) in [4.78, 5) is 26.7. The van der Waals surface area contributed by atoms with E-state index in [-0.39, 0.29) is 23.0 Å². The Morgan fingerprint density at radius 3 is 2.73 bits per heavy atom. The standard InChI is InChI=1S/C18H19FN4O3/c1-4-23-11(3)15(17(24)20-14-9-10(2)26-22-14)16(21-18(23)25)12-7-5-6-8-13(12)19/h5-9,16H,4H2,1-3H3,(H,21,25)(H,20,22,24)/t16-/m0/s1. The predicted molar refractivity (Wildman–Crippen MR) is 92.6 cm³/mol. The number of nitrogens with one attached hydrogen (secondary N) is 2. The maximum atomic E-state index is 14.3. The van der Waals surface area contributed by atoms with Crippen molar-refractivity contribution in [3.05, 3.63) is 58.7 Å². The van der Waals surface area contributed by atoms with E-state index in [4.69, 9.17) is 4.52 Å². The molecular formula is C18H19FN4O3. The Balaban J connectivity index is 2.04. The number of hydrogen-bond donors (Lipinski definition) is 2. The van der Waals surface area contributed by atoms with Crippen LogP contribution in [0.1, 0.15) is 31.2 Å². The third kappa shape index (κ3) is 3.17. The minimum Gasteiger partial charge on any atom is -0.360 e. The lowest BCUT2D eigenvalue weighted by Gasteiger charge is -2.35. The third-order valence-electron chi connectivity index (χ3n) is 4.24. The van der Waals surface area contributed by atoms with Crippen LogP contribution in [0.5, 0.6) is 0 Å². The van der Waals surface area contributed by atoms with Crippen LogP contribution < -0.4 is 10.6 Å². The van der Waals surface area contributed by atoms with Crippen molar-refractivity contribution in [2.45, 2.75) is 26.8 Å². The molecule has 0 saturated heterocycles. The summed E-state index contributed by atoms with van der Waals surface area (Å²) in [6, 6.07) is 6.33. The number of carbonyl (C=O) groups excluding carboxylic acids is 2. The number of anilines is 1. The molecule has 7 nitrogen and oxygen atoms in total. The zero-order valence-electron chi connectivity index (χ0n) is 14.7. The van der Waals surface area contributed by atoms with E-state index in [0.29, 0.717) is 18.0 Å². The van der Waals surface area contributed by atoms with Gasteiger partial charge < -0.3 is 15.2 Å². The van der Waals surface area contributed by atoms with E-state index in [2.05, 4.69) is 15.8 Å². The molecule has 1 aliphatic rings. The van der Waals surface area contributed by atoms with E-state index in [1.165, 1.54) is 11.0 Å². The van der Waals surface area contributed by atoms with E-state index in [1.807, 2.05) is 0 Å². The predicted octanol–water partition coefficient (Wildman–Crippen LogP) is 3.12. The number of rotatable bonds is 4. The lowest BCUT2D eigenvalue weighted by atomic mass is 9.93. The SMILES string of the molecule is CCN1C(=O)N[C@@H](c2ccccc2F)C(C(=O)Nc2cc(C)on2)=C1C. The highest BCUT2D eigenvalue weighted by atomic mass is 19.1. The Morgan fingerprint density at radius 2 is 2.12 bits per heavy atom. The molecule has 3 amide bonds. The van der Waals surface area contributed by atoms with E-state index >= 15 is 0 Å². The molecule has 0 fully saturated rings. The molecule has 2 aromatic rings. The van der Waals surface area contributed by atoms with Gasteiger partial charge in [0.2, 0.25) is 0 Å². The highest BCUT2D eigenvalue weighted by molar-refractivity contribution is 6.06. The third-order valence-corrected chi connectivity index (χ3v) is 4.24. The van der Waals surface area contributed by atoms with Crippen LogP contribution in [-0.2, 0) is 4.79 Å². The minimum absolute atomic E-state index is 0.220. The van der Waals surface area contributed by atoms with Crippen LogP contribution in [0, 0.1) is 12.7 Å². The van der Waals surface area contributed by atoms with Gasteiger partial charge in [0, 0.05) is 23.9 Å². The fourth-order valence-electron chi connectivity index (χ4n) is 3.01. The lowest BCUT2D eigenvalue weighted by molar-refractivity contribution is -0.113. The van der Waals surface area contributed by atoms with Crippen LogP contribution in [0.2, 0.25) is 0 Å². The van der Waals surface area contributed by atoms with E-state index in [0.717, 1.165) is 0 Å². The molecule has 1 aromatic carbocycles. The first-order chi connectivity index (χ1) is 12.4. The smallest absolute Gasteiger partial charge is 0.322 e. The number of nitrogens with zero attached hydrogens (tertiary/aromatic N) is 2. The van der Waals surface area contributed by atoms with Crippen LogP contribution in [0.3, 0.4) is 0 Å². The molecular weight excluding hydrogens is 339 g/mol. The average molecular weight is 358 g/mol. The molecule has 0 radical (unpaired) electrons. The van der Waals surface area contributed by atoms with Crippen molar-refractivity contribution in [3.63, 3.8) is 0 Å². The molecule has 26 heavy (non-hydrogen) atoms. The molecule has 1 aliphatic heterocycles. The maximum absolute atomic E-state index is 14.3. The van der Waals surface area contributed by atoms with Crippen molar-refractivity contribution >= 4 is 17.8 Å². The number of aromatic nitrogens is 1. The summed E-state index contributed by atoms with van der Waals surface area (Å²) in [5.74, 6) is -0.190. The van der Waals surface area contributed by atoms with Gasteiger partial charge >= 0.3 is 6.03 Å². The van der Waals surface area contributed by atoms with Gasteiger partial charge in [0.1, 0.15) is 11.6 Å². The van der Waals surface area contributed by atoms with E-state index in [1.54, 1.807) is 45.0 Å². The van der Waals surface area contributed by atoms with Crippen LogP contribution in [0.25, 0.3) is 0 Å². The summed E-state index contributed by atoms with van der Waals surface area (Å²) in [5.41, 5.74) is 0.928. The van der Waals surface area contributed by atoms with Crippen LogP contribution in [-0.4, -0.2) is 28.5 Å². The quantitative estimate of drug-likeness (QED) is 0.879. The van der Waals surface area contributed by atoms with E-state index < -0.39 is 17.8 Å². The lowest BCUT2D eigenvalue weighted by Crippen LogP contribution is -2.48. The summed E-state index contributed by atoms with van der Waals surface area (Å²) in [5, 5.41) is 9.09. The molecule has 0 bridgehead atoms. The summed E-state index contributed by atoms with van der Waals surface area (Å²) in [6.07, 6.45) is 0. The Labute approximate surface area is 149 Å². The van der Waals surface area contributed by atoms with Crippen LogP contribution in [0.15, 0.2) is 46.1 Å². The molecule has 8 heteroatoms. The summed E-state index contributed by atoms with van der Waals surface area (Å²) >= 11 is 0. The van der Waals surface area contributed by atoms with Crippen molar-refractivity contribution in [2.75, 3.05) is 11.9 Å². The van der Waals surface area contributed by atoms with Gasteiger partial charge in [0.05, 0.1) is 11.6 Å². The van der Waals surface area contributed by atoms with Gasteiger partial charge in [-0.25, -0.2) is 9.18 Å². The summed E-state index contributed by atoms with van der Waals surface area (Å²) in [7, 11) is 0. The number of halogens is 1. The first-order valence-electron chi connectivity index (χ1n) is 8.20. The largest absolute Gasteiger partial charge is 0.360 e. The zero-order chi connectivity index (χ0) is 18.8. The van der Waals surface area contributed by atoms with Crippen molar-refractivity contribution in [3.8, 4) is 0 Å². The van der Waals surface area contributed by atoms with Gasteiger partial charge in [-0.1, -0.05) is 23.4 Å². The van der Waals surface area contributed by atoms with Gasteiger partial charge in [-0.2, -0.15) is 0 Å². The highest BCUT2D eigenvalue weighted by Crippen LogP contribution is 2.32. The Kier molecular flexibility index (Phi) is 4.75. The second-order valence-electron chi connectivity index (χ2n) is 5.92. The van der Waals surface area contributed by atoms with Crippen LogP contribution in [0.4, 0.5) is 15.0 Å². The molecule has 3 rings (SSSR count). The number of carbonyl (C=O) groups is 2. The minimum atomic E-state index is -0.903. The van der Waals surface area contributed by atoms with Crippen molar-refractivity contribution < 1.29 is 18.5 Å². The van der Waals surface area contributed by atoms with Gasteiger partial charge in [0.25, 0.3) is 5.91 Å². The molecule has 136 valence electrons. The van der Waals surface area contributed by atoms with Gasteiger partial charge in [-0.05, 0) is 26.8 Å². The maximum Gasteiger partial charge on any atom is 0.322 e. The topological polar surface area (TPSA) is 87.5 Å². The van der Waals surface area contributed by atoms with Crippen molar-refractivity contribution in [2.24, 2.45) is 0 Å². The van der Waals surface area contributed by atoms with Crippen molar-refractivity contribution in [1.82, 2.24) is 15.4 Å². The molecule has 2 N–H and O–H groups in total. The summed E-state index contributed by atoms with van der Waals surface area (Å²) in [6.45, 7) is 5.54. The number of benzene rings is 1. The van der Waals surface area contributed by atoms with Crippen LogP contribution >= 0.6 is 0 Å². The molecule has 0 unspecified atom stereocenters.